The van der Waals surface area contributed by atoms with Crippen LogP contribution in [0.5, 0.6) is 0 Å². The van der Waals surface area contributed by atoms with Crippen LogP contribution >= 0.6 is 23.2 Å². The second kappa shape index (κ2) is 8.02. The number of nitrogens with one attached hydrogen (secondary N) is 2. The monoisotopic (exact) mass is 450 g/mol. The van der Waals surface area contributed by atoms with Crippen molar-refractivity contribution in [3.8, 4) is 5.69 Å². The Morgan fingerprint density at radius 2 is 1.90 bits per heavy atom. The minimum Gasteiger partial charge on any atom is -0.354 e. The first-order valence-corrected chi connectivity index (χ1v) is 10.4. The highest BCUT2D eigenvalue weighted by Crippen LogP contribution is 2.23. The van der Waals surface area contributed by atoms with Gasteiger partial charge in [-0.25, -0.2) is 4.98 Å². The van der Waals surface area contributed by atoms with Crippen LogP contribution in [-0.2, 0) is 6.42 Å². The number of rotatable bonds is 5. The van der Waals surface area contributed by atoms with Crippen molar-refractivity contribution in [1.29, 1.82) is 0 Å². The maximum Gasteiger partial charge on any atom is 0.267 e. The van der Waals surface area contributed by atoms with E-state index in [-0.39, 0.29) is 5.56 Å². The summed E-state index contributed by atoms with van der Waals surface area (Å²) in [6, 6.07) is 14.8. The quantitative estimate of drug-likeness (QED) is 0.407. The molecule has 2 N–H and O–H groups in total. The molecule has 5 aromatic rings. The fraction of sp³-hybridized carbons (Fsp3) is 0.0909. The number of hydrogen-bond donors (Lipinski definition) is 2. The molecule has 3 aromatic heterocycles. The second-order valence-electron chi connectivity index (χ2n) is 6.97. The summed E-state index contributed by atoms with van der Waals surface area (Å²) in [5.41, 5.74) is 2.53. The molecule has 0 atom stereocenters. The maximum absolute atomic E-state index is 13.2. The zero-order valence-corrected chi connectivity index (χ0v) is 17.7. The Kier molecular flexibility index (Phi) is 5.05. The molecule has 0 spiro atoms. The molecule has 0 saturated heterocycles. The fourth-order valence-electron chi connectivity index (χ4n) is 3.52. The summed E-state index contributed by atoms with van der Waals surface area (Å²) in [5.74, 6) is 0.413. The van der Waals surface area contributed by atoms with Crippen LogP contribution in [0.3, 0.4) is 0 Å². The third-order valence-electron chi connectivity index (χ3n) is 5.02. The van der Waals surface area contributed by atoms with E-state index >= 15 is 0 Å². The Morgan fingerprint density at radius 3 is 2.71 bits per heavy atom. The molecule has 0 aliphatic carbocycles. The van der Waals surface area contributed by atoms with Gasteiger partial charge >= 0.3 is 0 Å². The molecule has 0 radical (unpaired) electrons. The lowest BCUT2D eigenvalue weighted by atomic mass is 10.1. The van der Waals surface area contributed by atoms with Gasteiger partial charge in [0.05, 0.1) is 16.5 Å². The van der Waals surface area contributed by atoms with E-state index < -0.39 is 0 Å². The largest absolute Gasteiger partial charge is 0.354 e. The van der Waals surface area contributed by atoms with Crippen LogP contribution in [0.4, 0.5) is 5.95 Å². The van der Waals surface area contributed by atoms with Gasteiger partial charge in [-0.2, -0.15) is 10.1 Å². The Balaban J connectivity index is 1.54. The molecule has 2 aromatic carbocycles. The van der Waals surface area contributed by atoms with Gasteiger partial charge < -0.3 is 5.32 Å². The van der Waals surface area contributed by atoms with Crippen LogP contribution in [0.15, 0.2) is 65.7 Å². The molecular weight excluding hydrogens is 435 g/mol. The van der Waals surface area contributed by atoms with E-state index in [1.54, 1.807) is 23.0 Å². The molecule has 0 saturated carbocycles. The topological polar surface area (TPSA) is 88.5 Å². The Morgan fingerprint density at radius 1 is 1.06 bits per heavy atom. The van der Waals surface area contributed by atoms with E-state index in [0.717, 1.165) is 11.3 Å². The molecule has 154 valence electrons. The number of benzene rings is 2. The number of nitrogens with zero attached hydrogens (tertiary/aromatic N) is 4. The maximum atomic E-state index is 13.2. The smallest absolute Gasteiger partial charge is 0.267 e. The molecular formula is C22H16Cl2N6O. The van der Waals surface area contributed by atoms with E-state index in [9.17, 15) is 4.79 Å². The summed E-state index contributed by atoms with van der Waals surface area (Å²) in [6.07, 6.45) is 3.95. The van der Waals surface area contributed by atoms with Gasteiger partial charge in [0.25, 0.3) is 5.56 Å². The van der Waals surface area contributed by atoms with Crippen molar-refractivity contribution in [2.24, 2.45) is 0 Å². The standard InChI is InChI=1S/C22H16Cl2N6O/c23-14-7-6-13(18(24)10-14)8-9-25-22-26-11-16-19-17(12-27-29-19)21(31)30(20(16)28-22)15-4-2-1-3-5-15/h1-7,10-12H,8-9H2,(H,27,29)(H,25,26,28). The van der Waals surface area contributed by atoms with E-state index in [4.69, 9.17) is 23.2 Å². The van der Waals surface area contributed by atoms with Crippen molar-refractivity contribution in [1.82, 2.24) is 24.7 Å². The highest BCUT2D eigenvalue weighted by atomic mass is 35.5. The number of H-pyrrole nitrogens is 1. The zero-order chi connectivity index (χ0) is 21.4. The zero-order valence-electron chi connectivity index (χ0n) is 16.1. The van der Waals surface area contributed by atoms with Crippen molar-refractivity contribution < 1.29 is 0 Å². The molecule has 0 fully saturated rings. The Hall–Kier alpha value is -3.42. The van der Waals surface area contributed by atoms with Crippen molar-refractivity contribution in [2.75, 3.05) is 11.9 Å². The SMILES string of the molecule is O=c1c2c[nH]nc2c2cnc(NCCc3ccc(Cl)cc3Cl)nc2n1-c1ccccc1. The molecule has 0 amide bonds. The molecule has 0 aliphatic heterocycles. The van der Waals surface area contributed by atoms with Gasteiger partial charge in [0.1, 0.15) is 5.52 Å². The van der Waals surface area contributed by atoms with E-state index in [2.05, 4.69) is 25.5 Å². The lowest BCUT2D eigenvalue weighted by Crippen LogP contribution is -2.20. The van der Waals surface area contributed by atoms with Gasteiger partial charge in [0.2, 0.25) is 5.95 Å². The minimum absolute atomic E-state index is 0.194. The van der Waals surface area contributed by atoms with Crippen LogP contribution in [0.25, 0.3) is 27.6 Å². The first-order valence-electron chi connectivity index (χ1n) is 9.60. The van der Waals surface area contributed by atoms with Gasteiger partial charge in [-0.1, -0.05) is 47.5 Å². The number of aromatic nitrogens is 5. The van der Waals surface area contributed by atoms with E-state index in [0.29, 0.717) is 50.9 Å². The highest BCUT2D eigenvalue weighted by Gasteiger charge is 2.16. The predicted molar refractivity (Wildman–Crippen MR) is 123 cm³/mol. The van der Waals surface area contributed by atoms with Gasteiger partial charge in [0.15, 0.2) is 5.65 Å². The third kappa shape index (κ3) is 3.62. The minimum atomic E-state index is -0.194. The molecule has 31 heavy (non-hydrogen) atoms. The van der Waals surface area contributed by atoms with Crippen molar-refractivity contribution in [3.63, 3.8) is 0 Å². The van der Waals surface area contributed by atoms with Crippen LogP contribution in [0, 0.1) is 0 Å². The molecule has 0 unspecified atom stereocenters. The summed E-state index contributed by atoms with van der Waals surface area (Å²) in [4.78, 5) is 22.2. The molecule has 3 heterocycles. The van der Waals surface area contributed by atoms with Gasteiger partial charge in [0, 0.05) is 29.0 Å². The predicted octanol–water partition coefficient (Wildman–Crippen LogP) is 4.62. The fourth-order valence-corrected chi connectivity index (χ4v) is 4.02. The number of hydrogen-bond acceptors (Lipinski definition) is 5. The first-order chi connectivity index (χ1) is 15.1. The summed E-state index contributed by atoms with van der Waals surface area (Å²) < 4.78 is 1.58. The summed E-state index contributed by atoms with van der Waals surface area (Å²) in [6.45, 7) is 0.563. The van der Waals surface area contributed by atoms with Crippen LogP contribution < -0.4 is 10.9 Å². The van der Waals surface area contributed by atoms with Gasteiger partial charge in [-0.05, 0) is 36.2 Å². The summed E-state index contributed by atoms with van der Waals surface area (Å²) in [5, 5.41) is 12.6. The average molecular weight is 451 g/mol. The highest BCUT2D eigenvalue weighted by molar-refractivity contribution is 6.35. The normalized spacial score (nSPS) is 11.3. The van der Waals surface area contributed by atoms with Gasteiger partial charge in [-0.15, -0.1) is 0 Å². The van der Waals surface area contributed by atoms with Crippen LogP contribution in [-0.4, -0.2) is 31.3 Å². The number of pyridine rings is 1. The molecule has 5 rings (SSSR count). The van der Waals surface area contributed by atoms with Crippen molar-refractivity contribution in [3.05, 3.63) is 86.9 Å². The number of fused-ring (bicyclic) bond motifs is 3. The summed E-state index contributed by atoms with van der Waals surface area (Å²) in [7, 11) is 0. The average Bonchev–Trinajstić information content (AvgIpc) is 3.27. The molecule has 0 aliphatic rings. The second-order valence-corrected chi connectivity index (χ2v) is 7.81. The molecule has 9 heteroatoms. The third-order valence-corrected chi connectivity index (χ3v) is 5.60. The first kappa shape index (κ1) is 19.5. The van der Waals surface area contributed by atoms with Crippen molar-refractivity contribution in [2.45, 2.75) is 6.42 Å². The Bertz CT molecular complexity index is 1460. The summed E-state index contributed by atoms with van der Waals surface area (Å²) >= 11 is 12.2. The van der Waals surface area contributed by atoms with Gasteiger partial charge in [-0.3, -0.25) is 14.5 Å². The van der Waals surface area contributed by atoms with Crippen molar-refractivity contribution >= 4 is 51.1 Å². The number of para-hydroxylation sites is 1. The number of anilines is 1. The lowest BCUT2D eigenvalue weighted by Gasteiger charge is -2.12. The molecule has 0 bridgehead atoms. The number of aromatic amines is 1. The van der Waals surface area contributed by atoms with Crippen LogP contribution in [0.2, 0.25) is 10.0 Å². The Labute approximate surface area is 186 Å². The number of halogens is 2. The van der Waals surface area contributed by atoms with E-state index in [1.807, 2.05) is 42.5 Å². The lowest BCUT2D eigenvalue weighted by molar-refractivity contribution is 0.973. The van der Waals surface area contributed by atoms with Crippen LogP contribution in [0.1, 0.15) is 5.56 Å². The van der Waals surface area contributed by atoms with E-state index in [1.165, 1.54) is 0 Å². The molecule has 7 nitrogen and oxygen atoms in total.